The van der Waals surface area contributed by atoms with E-state index in [1.165, 1.54) is 19.2 Å². The van der Waals surface area contributed by atoms with Gasteiger partial charge in [-0.05, 0) is 18.6 Å². The highest BCUT2D eigenvalue weighted by Gasteiger charge is 2.27. The van der Waals surface area contributed by atoms with Crippen LogP contribution in [-0.4, -0.2) is 17.9 Å². The molecule has 0 spiro atoms. The molecule has 0 atom stereocenters. The zero-order valence-electron chi connectivity index (χ0n) is 11.5. The van der Waals surface area contributed by atoms with Gasteiger partial charge in [-0.15, -0.1) is 0 Å². The number of hydrogen-bond acceptors (Lipinski definition) is 4. The summed E-state index contributed by atoms with van der Waals surface area (Å²) in [7, 11) is 1.43. The monoisotopic (exact) mass is 266 g/mol. The van der Waals surface area contributed by atoms with Gasteiger partial charge in [0.2, 0.25) is 5.91 Å². The lowest BCUT2D eigenvalue weighted by molar-refractivity contribution is -0.384. The van der Waals surface area contributed by atoms with E-state index in [9.17, 15) is 14.9 Å². The van der Waals surface area contributed by atoms with E-state index in [-0.39, 0.29) is 17.3 Å². The van der Waals surface area contributed by atoms with Crippen LogP contribution in [0.4, 0.5) is 11.4 Å². The van der Waals surface area contributed by atoms with Gasteiger partial charge < -0.3 is 10.1 Å². The van der Waals surface area contributed by atoms with Crippen molar-refractivity contribution in [3.63, 3.8) is 0 Å². The summed E-state index contributed by atoms with van der Waals surface area (Å²) in [6.07, 6.45) is 0.642. The number of hydrogen-bond donors (Lipinski definition) is 1. The fraction of sp³-hybridized carbons (Fsp3) is 0.462. The van der Waals surface area contributed by atoms with E-state index in [1.807, 2.05) is 6.92 Å². The van der Waals surface area contributed by atoms with Crippen LogP contribution in [0.2, 0.25) is 0 Å². The minimum Gasteiger partial charge on any atom is -0.496 e. The minimum atomic E-state index is -0.576. The van der Waals surface area contributed by atoms with E-state index in [2.05, 4.69) is 5.32 Å². The highest BCUT2D eigenvalue weighted by molar-refractivity contribution is 5.96. The summed E-state index contributed by atoms with van der Waals surface area (Å²) in [6.45, 7) is 5.47. The number of nitrogens with one attached hydrogen (secondary N) is 1. The molecule has 1 N–H and O–H groups in total. The molecule has 0 aliphatic heterocycles. The molecule has 19 heavy (non-hydrogen) atoms. The maximum absolute atomic E-state index is 12.0. The van der Waals surface area contributed by atoms with Gasteiger partial charge >= 0.3 is 0 Å². The lowest BCUT2D eigenvalue weighted by atomic mass is 9.89. The molecule has 1 rings (SSSR count). The van der Waals surface area contributed by atoms with Crippen LogP contribution in [0.25, 0.3) is 0 Å². The van der Waals surface area contributed by atoms with Crippen molar-refractivity contribution in [2.45, 2.75) is 27.2 Å². The van der Waals surface area contributed by atoms with Crippen molar-refractivity contribution < 1.29 is 14.5 Å². The van der Waals surface area contributed by atoms with Crippen molar-refractivity contribution >= 4 is 17.3 Å². The Balaban J connectivity index is 3.08. The molecule has 6 heteroatoms. The van der Waals surface area contributed by atoms with Crippen molar-refractivity contribution in [1.82, 2.24) is 0 Å². The van der Waals surface area contributed by atoms with Crippen LogP contribution in [0.3, 0.4) is 0 Å². The van der Waals surface area contributed by atoms with Gasteiger partial charge in [-0.25, -0.2) is 0 Å². The van der Waals surface area contributed by atoms with Gasteiger partial charge in [0.1, 0.15) is 11.4 Å². The van der Waals surface area contributed by atoms with E-state index in [4.69, 9.17) is 4.74 Å². The Labute approximate surface area is 111 Å². The quantitative estimate of drug-likeness (QED) is 0.656. The zero-order valence-corrected chi connectivity index (χ0v) is 11.5. The number of methoxy groups -OCH3 is 1. The predicted octanol–water partition coefficient (Wildman–Crippen LogP) is 2.98. The summed E-state index contributed by atoms with van der Waals surface area (Å²) >= 11 is 0. The first kappa shape index (κ1) is 14.9. The molecule has 0 heterocycles. The second kappa shape index (κ2) is 5.69. The van der Waals surface area contributed by atoms with Gasteiger partial charge in [-0.3, -0.25) is 14.9 Å². The molecule has 1 aromatic carbocycles. The third kappa shape index (κ3) is 3.43. The summed E-state index contributed by atoms with van der Waals surface area (Å²) in [5, 5.41) is 13.6. The predicted molar refractivity (Wildman–Crippen MR) is 72.4 cm³/mol. The van der Waals surface area contributed by atoms with Crippen LogP contribution in [-0.2, 0) is 4.79 Å². The van der Waals surface area contributed by atoms with Crippen LogP contribution >= 0.6 is 0 Å². The van der Waals surface area contributed by atoms with Crippen molar-refractivity contribution in [3.05, 3.63) is 28.3 Å². The normalized spacial score (nSPS) is 10.9. The van der Waals surface area contributed by atoms with Crippen molar-refractivity contribution in [2.24, 2.45) is 5.41 Å². The number of carbonyl (C=O) groups excluding carboxylic acids is 1. The SMILES string of the molecule is CCC(C)(C)C(=O)Nc1ccc(OC)cc1[N+](=O)[O-]. The minimum absolute atomic E-state index is 0.178. The molecule has 1 amide bonds. The second-order valence-corrected chi connectivity index (χ2v) is 4.83. The summed E-state index contributed by atoms with van der Waals surface area (Å²) in [5.74, 6) is 0.128. The fourth-order valence-electron chi connectivity index (χ4n) is 1.35. The van der Waals surface area contributed by atoms with Crippen LogP contribution in [0.15, 0.2) is 18.2 Å². The third-order valence-corrected chi connectivity index (χ3v) is 3.15. The number of nitro benzene ring substituents is 1. The molecule has 0 saturated carbocycles. The summed E-state index contributed by atoms with van der Waals surface area (Å²) in [4.78, 5) is 22.5. The van der Waals surface area contributed by atoms with Gasteiger partial charge in [0.05, 0.1) is 18.1 Å². The van der Waals surface area contributed by atoms with Gasteiger partial charge in [-0.1, -0.05) is 20.8 Å². The fourth-order valence-corrected chi connectivity index (χ4v) is 1.35. The summed E-state index contributed by atoms with van der Waals surface area (Å²) in [6, 6.07) is 4.33. The number of carbonyl (C=O) groups is 1. The molecule has 0 fully saturated rings. The number of anilines is 1. The Kier molecular flexibility index (Phi) is 4.47. The summed E-state index contributed by atoms with van der Waals surface area (Å²) < 4.78 is 4.94. The molecule has 0 aliphatic carbocycles. The van der Waals surface area contributed by atoms with Gasteiger partial charge in [-0.2, -0.15) is 0 Å². The number of benzene rings is 1. The van der Waals surface area contributed by atoms with Crippen molar-refractivity contribution in [3.8, 4) is 5.75 Å². The third-order valence-electron chi connectivity index (χ3n) is 3.15. The van der Waals surface area contributed by atoms with Gasteiger partial charge in [0, 0.05) is 5.41 Å². The van der Waals surface area contributed by atoms with Crippen molar-refractivity contribution in [2.75, 3.05) is 12.4 Å². The number of ether oxygens (including phenoxy) is 1. The van der Waals surface area contributed by atoms with E-state index in [0.717, 1.165) is 0 Å². The second-order valence-electron chi connectivity index (χ2n) is 4.83. The first-order chi connectivity index (χ1) is 8.81. The van der Waals surface area contributed by atoms with Crippen LogP contribution < -0.4 is 10.1 Å². The molecule has 0 aliphatic rings. The van der Waals surface area contributed by atoms with Gasteiger partial charge in [0.15, 0.2) is 0 Å². The standard InChI is InChI=1S/C13H18N2O4/c1-5-13(2,3)12(16)14-10-7-6-9(19-4)8-11(10)15(17)18/h6-8H,5H2,1-4H3,(H,14,16). The molecule has 104 valence electrons. The number of rotatable bonds is 5. The summed E-state index contributed by atoms with van der Waals surface area (Å²) in [5.41, 5.74) is -0.578. The Hall–Kier alpha value is -2.11. The average molecular weight is 266 g/mol. The number of amides is 1. The first-order valence-corrected chi connectivity index (χ1v) is 5.95. The Morgan fingerprint density at radius 1 is 1.47 bits per heavy atom. The number of nitro groups is 1. The van der Waals surface area contributed by atoms with Crippen LogP contribution in [0, 0.1) is 15.5 Å². The molecule has 1 aromatic rings. The lowest BCUT2D eigenvalue weighted by Crippen LogP contribution is -2.30. The van der Waals surface area contributed by atoms with Crippen molar-refractivity contribution in [1.29, 1.82) is 0 Å². The topological polar surface area (TPSA) is 81.5 Å². The van der Waals surface area contributed by atoms with Crippen LogP contribution in [0.1, 0.15) is 27.2 Å². The molecule has 6 nitrogen and oxygen atoms in total. The lowest BCUT2D eigenvalue weighted by Gasteiger charge is -2.21. The van der Waals surface area contributed by atoms with E-state index in [1.54, 1.807) is 19.9 Å². The average Bonchev–Trinajstić information content (AvgIpc) is 2.38. The first-order valence-electron chi connectivity index (χ1n) is 5.95. The number of nitrogens with zero attached hydrogens (tertiary/aromatic N) is 1. The van der Waals surface area contributed by atoms with E-state index >= 15 is 0 Å². The Morgan fingerprint density at radius 3 is 2.58 bits per heavy atom. The molecule has 0 bridgehead atoms. The molecule has 0 saturated heterocycles. The largest absolute Gasteiger partial charge is 0.496 e. The Morgan fingerprint density at radius 2 is 2.11 bits per heavy atom. The van der Waals surface area contributed by atoms with E-state index in [0.29, 0.717) is 12.2 Å². The Bertz CT molecular complexity index is 497. The maximum atomic E-state index is 12.0. The highest BCUT2D eigenvalue weighted by Crippen LogP contribution is 2.31. The zero-order chi connectivity index (χ0) is 14.6. The van der Waals surface area contributed by atoms with E-state index < -0.39 is 10.3 Å². The smallest absolute Gasteiger partial charge is 0.296 e. The van der Waals surface area contributed by atoms with Gasteiger partial charge in [0.25, 0.3) is 5.69 Å². The molecule has 0 radical (unpaired) electrons. The molecular weight excluding hydrogens is 248 g/mol. The molecule has 0 unspecified atom stereocenters. The molecular formula is C13H18N2O4. The molecule has 0 aromatic heterocycles. The van der Waals surface area contributed by atoms with Crippen LogP contribution in [0.5, 0.6) is 5.75 Å². The highest BCUT2D eigenvalue weighted by atomic mass is 16.6. The maximum Gasteiger partial charge on any atom is 0.296 e.